The number of nitrogens with zero attached hydrogens (tertiary/aromatic N) is 1. The predicted molar refractivity (Wildman–Crippen MR) is 90.0 cm³/mol. The van der Waals surface area contributed by atoms with E-state index in [1.807, 2.05) is 6.92 Å². The number of hydrogen-bond acceptors (Lipinski definition) is 5. The maximum Gasteiger partial charge on any atom is 0.326 e. The second kappa shape index (κ2) is 7.66. The van der Waals surface area contributed by atoms with Crippen molar-refractivity contribution in [1.29, 1.82) is 0 Å². The normalized spacial score (nSPS) is 17.7. The minimum Gasteiger partial charge on any atom is -0.461 e. The van der Waals surface area contributed by atoms with Crippen LogP contribution in [-0.2, 0) is 14.3 Å². The largest absolute Gasteiger partial charge is 0.461 e. The first-order valence-electron chi connectivity index (χ1n) is 7.11. The van der Waals surface area contributed by atoms with Gasteiger partial charge >= 0.3 is 5.97 Å². The number of benzene rings is 1. The summed E-state index contributed by atoms with van der Waals surface area (Å²) in [5.74, 6) is -1.08. The summed E-state index contributed by atoms with van der Waals surface area (Å²) in [5, 5.41) is 0.111. The molecule has 1 fully saturated rings. The lowest BCUT2D eigenvalue weighted by Crippen LogP contribution is -2.35. The molecule has 0 aliphatic carbocycles. The van der Waals surface area contributed by atoms with Crippen LogP contribution in [0.4, 0.5) is 4.79 Å². The molecule has 7 heteroatoms. The highest BCUT2D eigenvalue weighted by molar-refractivity contribution is 8.18. The molecule has 23 heavy (non-hydrogen) atoms. The predicted octanol–water partition coefficient (Wildman–Crippen LogP) is 3.72. The summed E-state index contributed by atoms with van der Waals surface area (Å²) in [6.45, 7) is 3.27. The third kappa shape index (κ3) is 4.59. The van der Waals surface area contributed by atoms with E-state index in [-0.39, 0.29) is 17.6 Å². The number of imide groups is 1. The number of carbonyl (C=O) groups is 3. The maximum absolute atomic E-state index is 12.3. The van der Waals surface area contributed by atoms with Gasteiger partial charge in [-0.25, -0.2) is 0 Å². The zero-order chi connectivity index (χ0) is 17.0. The van der Waals surface area contributed by atoms with Gasteiger partial charge in [0.15, 0.2) is 0 Å². The summed E-state index contributed by atoms with van der Waals surface area (Å²) >= 11 is 6.61. The van der Waals surface area contributed by atoms with Crippen LogP contribution in [0.2, 0.25) is 5.02 Å². The molecule has 0 N–H and O–H groups in total. The lowest BCUT2D eigenvalue weighted by Gasteiger charge is -2.14. The van der Waals surface area contributed by atoms with Crippen molar-refractivity contribution < 1.29 is 19.1 Å². The van der Waals surface area contributed by atoms with E-state index in [0.717, 1.165) is 22.2 Å². The highest BCUT2D eigenvalue weighted by atomic mass is 35.5. The van der Waals surface area contributed by atoms with Crippen molar-refractivity contribution >= 4 is 46.6 Å². The van der Waals surface area contributed by atoms with Gasteiger partial charge in [-0.3, -0.25) is 19.3 Å². The Bertz CT molecular complexity index is 657. The number of thioether (sulfide) groups is 1. The lowest BCUT2D eigenvalue weighted by atomic mass is 10.2. The molecule has 0 spiro atoms. The van der Waals surface area contributed by atoms with Gasteiger partial charge in [-0.15, -0.1) is 0 Å². The SMILES string of the molecule is CC[C@H](C)OC(=O)CN1C(=O)S/C(=C/c2ccc(Cl)cc2)C1=O. The molecular formula is C16H16ClNO4S. The van der Waals surface area contributed by atoms with Crippen molar-refractivity contribution in [3.63, 3.8) is 0 Å². The Morgan fingerprint density at radius 3 is 2.61 bits per heavy atom. The molecule has 2 rings (SSSR count). The van der Waals surface area contributed by atoms with Crippen molar-refractivity contribution in [2.24, 2.45) is 0 Å². The van der Waals surface area contributed by atoms with Crippen LogP contribution in [0.15, 0.2) is 29.2 Å². The van der Waals surface area contributed by atoms with Gasteiger partial charge in [0, 0.05) is 5.02 Å². The second-order valence-corrected chi connectivity index (χ2v) is 6.46. The Hall–Kier alpha value is -1.79. The average molecular weight is 354 g/mol. The molecule has 122 valence electrons. The average Bonchev–Trinajstić information content (AvgIpc) is 2.77. The molecule has 1 saturated heterocycles. The minimum absolute atomic E-state index is 0.243. The van der Waals surface area contributed by atoms with Crippen LogP contribution in [-0.4, -0.2) is 34.7 Å². The Balaban J connectivity index is 2.07. The van der Waals surface area contributed by atoms with E-state index < -0.39 is 17.1 Å². The van der Waals surface area contributed by atoms with Crippen LogP contribution in [0.5, 0.6) is 0 Å². The molecule has 1 atom stereocenters. The van der Waals surface area contributed by atoms with Crippen molar-refractivity contribution in [3.8, 4) is 0 Å². The van der Waals surface area contributed by atoms with Crippen molar-refractivity contribution in [2.45, 2.75) is 26.4 Å². The third-order valence-electron chi connectivity index (χ3n) is 3.24. The maximum atomic E-state index is 12.3. The van der Waals surface area contributed by atoms with Crippen molar-refractivity contribution in [1.82, 2.24) is 4.90 Å². The molecule has 5 nitrogen and oxygen atoms in total. The molecule has 0 aromatic heterocycles. The van der Waals surface area contributed by atoms with Crippen LogP contribution < -0.4 is 0 Å². The molecule has 1 aliphatic heterocycles. The summed E-state index contributed by atoms with van der Waals surface area (Å²) in [7, 11) is 0. The van der Waals surface area contributed by atoms with E-state index >= 15 is 0 Å². The molecule has 0 bridgehead atoms. The zero-order valence-electron chi connectivity index (χ0n) is 12.7. The summed E-state index contributed by atoms with van der Waals surface area (Å²) in [6.07, 6.45) is 2.03. The second-order valence-electron chi connectivity index (χ2n) is 5.03. The van der Waals surface area contributed by atoms with Crippen LogP contribution in [0.1, 0.15) is 25.8 Å². The third-order valence-corrected chi connectivity index (χ3v) is 4.40. The van der Waals surface area contributed by atoms with E-state index in [9.17, 15) is 14.4 Å². The molecule has 0 radical (unpaired) electrons. The number of ether oxygens (including phenoxy) is 1. The molecule has 1 aromatic carbocycles. The lowest BCUT2D eigenvalue weighted by molar-refractivity contribution is -0.150. The highest BCUT2D eigenvalue weighted by Crippen LogP contribution is 2.32. The van der Waals surface area contributed by atoms with E-state index in [2.05, 4.69) is 0 Å². The van der Waals surface area contributed by atoms with Crippen LogP contribution in [0.3, 0.4) is 0 Å². The first kappa shape index (κ1) is 17.6. The zero-order valence-corrected chi connectivity index (χ0v) is 14.3. The Morgan fingerprint density at radius 2 is 2.00 bits per heavy atom. The summed E-state index contributed by atoms with van der Waals surface area (Å²) in [5.41, 5.74) is 0.752. The minimum atomic E-state index is -0.589. The van der Waals surface area contributed by atoms with Crippen LogP contribution in [0.25, 0.3) is 6.08 Å². The van der Waals surface area contributed by atoms with Gasteiger partial charge in [0.2, 0.25) is 0 Å². The number of esters is 1. The fourth-order valence-corrected chi connectivity index (χ4v) is 2.79. The molecule has 1 aromatic rings. The number of hydrogen-bond donors (Lipinski definition) is 0. The monoisotopic (exact) mass is 353 g/mol. The molecule has 1 aliphatic rings. The smallest absolute Gasteiger partial charge is 0.326 e. The quantitative estimate of drug-likeness (QED) is 0.596. The van der Waals surface area contributed by atoms with Gasteiger partial charge in [0.05, 0.1) is 11.0 Å². The highest BCUT2D eigenvalue weighted by Gasteiger charge is 2.36. The van der Waals surface area contributed by atoms with Crippen LogP contribution >= 0.6 is 23.4 Å². The Kier molecular flexibility index (Phi) is 5.85. The molecule has 0 saturated carbocycles. The van der Waals surface area contributed by atoms with Gasteiger partial charge in [-0.05, 0) is 48.9 Å². The fourth-order valence-electron chi connectivity index (χ4n) is 1.82. The van der Waals surface area contributed by atoms with E-state index in [4.69, 9.17) is 16.3 Å². The topological polar surface area (TPSA) is 63.7 Å². The fraction of sp³-hybridized carbons (Fsp3) is 0.312. The summed E-state index contributed by atoms with van der Waals surface area (Å²) in [6, 6.07) is 6.88. The standard InChI is InChI=1S/C16H16ClNO4S/c1-3-10(2)22-14(19)9-18-15(20)13(23-16(18)21)8-11-4-6-12(17)7-5-11/h4-8,10H,3,9H2,1-2H3/b13-8+/t10-/m0/s1. The van der Waals surface area contributed by atoms with E-state index in [1.54, 1.807) is 37.3 Å². The van der Waals surface area contributed by atoms with E-state index in [1.165, 1.54) is 0 Å². The van der Waals surface area contributed by atoms with Gasteiger partial charge in [-0.1, -0.05) is 30.7 Å². The summed E-state index contributed by atoms with van der Waals surface area (Å²) < 4.78 is 5.10. The van der Waals surface area contributed by atoms with Gasteiger partial charge in [-0.2, -0.15) is 0 Å². The molecule has 1 heterocycles. The van der Waals surface area contributed by atoms with Gasteiger partial charge < -0.3 is 4.74 Å². The van der Waals surface area contributed by atoms with Gasteiger partial charge in [0.25, 0.3) is 11.1 Å². The molecular weight excluding hydrogens is 338 g/mol. The van der Waals surface area contributed by atoms with Crippen molar-refractivity contribution in [3.05, 3.63) is 39.8 Å². The molecule has 0 unspecified atom stereocenters. The first-order valence-corrected chi connectivity index (χ1v) is 8.30. The number of amides is 2. The number of carbonyl (C=O) groups excluding carboxylic acids is 3. The summed E-state index contributed by atoms with van der Waals surface area (Å²) in [4.78, 5) is 37.1. The van der Waals surface area contributed by atoms with Crippen molar-refractivity contribution in [2.75, 3.05) is 6.54 Å². The Morgan fingerprint density at radius 1 is 1.35 bits per heavy atom. The number of halogens is 1. The first-order chi connectivity index (χ1) is 10.9. The number of rotatable bonds is 5. The van der Waals surface area contributed by atoms with Gasteiger partial charge in [0.1, 0.15) is 6.54 Å². The van der Waals surface area contributed by atoms with Crippen LogP contribution in [0, 0.1) is 0 Å². The van der Waals surface area contributed by atoms with E-state index in [0.29, 0.717) is 11.4 Å². The Labute approximate surface area is 143 Å². The molecule has 2 amide bonds.